The molecule has 0 fully saturated rings. The van der Waals surface area contributed by atoms with E-state index < -0.39 is 17.2 Å². The zero-order chi connectivity index (χ0) is 24.0. The summed E-state index contributed by atoms with van der Waals surface area (Å²) in [6.07, 6.45) is 0. The normalized spacial score (nSPS) is 11.8. The van der Waals surface area contributed by atoms with Gasteiger partial charge in [-0.3, -0.25) is 4.90 Å². The second-order valence-corrected chi connectivity index (χ2v) is 8.19. The molecule has 0 unspecified atom stereocenters. The van der Waals surface area contributed by atoms with Crippen LogP contribution in [0.15, 0.2) is 95.4 Å². The van der Waals surface area contributed by atoms with Crippen LogP contribution < -0.4 is 0 Å². The second-order valence-electron chi connectivity index (χ2n) is 8.19. The molecule has 4 nitrogen and oxygen atoms in total. The molecule has 0 aliphatic heterocycles. The van der Waals surface area contributed by atoms with E-state index in [4.69, 9.17) is 9.15 Å². The maximum absolute atomic E-state index is 14.1. The highest BCUT2D eigenvalue weighted by Crippen LogP contribution is 2.38. The molecule has 6 heteroatoms. The predicted molar refractivity (Wildman–Crippen MR) is 126 cm³/mol. The summed E-state index contributed by atoms with van der Waals surface area (Å²) in [5.74, 6) is -0.209. The van der Waals surface area contributed by atoms with Gasteiger partial charge in [0, 0.05) is 20.2 Å². The van der Waals surface area contributed by atoms with Gasteiger partial charge in [-0.25, -0.2) is 8.78 Å². The van der Waals surface area contributed by atoms with Crippen molar-refractivity contribution in [3.8, 4) is 0 Å². The van der Waals surface area contributed by atoms with E-state index in [1.807, 2.05) is 18.2 Å². The summed E-state index contributed by atoms with van der Waals surface area (Å²) in [6.45, 7) is 2.40. The highest BCUT2D eigenvalue weighted by molar-refractivity contribution is 5.44. The van der Waals surface area contributed by atoms with Crippen molar-refractivity contribution in [1.29, 1.82) is 0 Å². The van der Waals surface area contributed by atoms with Gasteiger partial charge in [0.05, 0.1) is 13.2 Å². The molecular weight excluding hydrogens is 436 g/mol. The minimum Gasteiger partial charge on any atom is -0.461 e. The molecule has 4 aromatic rings. The summed E-state index contributed by atoms with van der Waals surface area (Å²) in [5, 5.41) is 11.8. The van der Waals surface area contributed by atoms with E-state index >= 15 is 0 Å². The number of nitrogens with zero attached hydrogens (tertiary/aromatic N) is 1. The SMILES string of the molecule is COCCN(Cc1ccccc1)Cc1ccc(C(O)(c2cccc(F)c2)c2cccc(F)c2)o1. The van der Waals surface area contributed by atoms with Gasteiger partial charge in [-0.1, -0.05) is 54.6 Å². The molecule has 34 heavy (non-hydrogen) atoms. The van der Waals surface area contributed by atoms with Crippen LogP contribution in [0.4, 0.5) is 8.78 Å². The fourth-order valence-electron chi connectivity index (χ4n) is 4.03. The van der Waals surface area contributed by atoms with E-state index in [2.05, 4.69) is 17.0 Å². The van der Waals surface area contributed by atoms with Crippen molar-refractivity contribution >= 4 is 0 Å². The first kappa shape index (κ1) is 23.8. The first-order valence-electron chi connectivity index (χ1n) is 11.1. The number of aliphatic hydroxyl groups is 1. The molecule has 1 aromatic heterocycles. The van der Waals surface area contributed by atoms with Crippen molar-refractivity contribution in [1.82, 2.24) is 4.90 Å². The smallest absolute Gasteiger partial charge is 0.173 e. The zero-order valence-corrected chi connectivity index (χ0v) is 19.0. The third-order valence-electron chi connectivity index (χ3n) is 5.74. The topological polar surface area (TPSA) is 45.8 Å². The molecule has 0 aliphatic rings. The van der Waals surface area contributed by atoms with Crippen LogP contribution in [0, 0.1) is 11.6 Å². The van der Waals surface area contributed by atoms with Crippen LogP contribution in [0.1, 0.15) is 28.2 Å². The minimum atomic E-state index is -1.86. The first-order valence-corrected chi connectivity index (χ1v) is 11.1. The van der Waals surface area contributed by atoms with Gasteiger partial charge in [-0.15, -0.1) is 0 Å². The summed E-state index contributed by atoms with van der Waals surface area (Å²) in [5.41, 5.74) is -0.209. The van der Waals surface area contributed by atoms with Crippen LogP contribution in [0.3, 0.4) is 0 Å². The molecule has 0 bridgehead atoms. The molecule has 0 saturated heterocycles. The quantitative estimate of drug-likeness (QED) is 0.338. The Labute approximate surface area is 198 Å². The van der Waals surface area contributed by atoms with Gasteiger partial charge in [0.2, 0.25) is 0 Å². The summed E-state index contributed by atoms with van der Waals surface area (Å²) in [4.78, 5) is 2.17. The summed E-state index contributed by atoms with van der Waals surface area (Å²) >= 11 is 0. The fourth-order valence-corrected chi connectivity index (χ4v) is 4.03. The Bertz CT molecular complexity index is 1160. The van der Waals surface area contributed by atoms with Crippen LogP contribution in [-0.2, 0) is 23.4 Å². The van der Waals surface area contributed by atoms with E-state index in [-0.39, 0.29) is 16.9 Å². The van der Waals surface area contributed by atoms with Crippen LogP contribution in [-0.4, -0.2) is 30.3 Å². The van der Waals surface area contributed by atoms with Gasteiger partial charge >= 0.3 is 0 Å². The summed E-state index contributed by atoms with van der Waals surface area (Å²) in [6, 6.07) is 24.7. The molecule has 0 amide bonds. The van der Waals surface area contributed by atoms with E-state index in [9.17, 15) is 13.9 Å². The average molecular weight is 464 g/mol. The lowest BCUT2D eigenvalue weighted by atomic mass is 9.84. The predicted octanol–water partition coefficient (Wildman–Crippen LogP) is 5.49. The van der Waals surface area contributed by atoms with Gasteiger partial charge in [0.25, 0.3) is 0 Å². The highest BCUT2D eigenvalue weighted by atomic mass is 19.1. The number of benzene rings is 3. The lowest BCUT2D eigenvalue weighted by Crippen LogP contribution is -2.29. The third kappa shape index (κ3) is 5.42. The molecule has 0 atom stereocenters. The number of furan rings is 1. The molecule has 0 saturated carbocycles. The maximum Gasteiger partial charge on any atom is 0.173 e. The van der Waals surface area contributed by atoms with E-state index in [1.165, 1.54) is 36.4 Å². The van der Waals surface area contributed by atoms with Crippen molar-refractivity contribution < 1.29 is 23.0 Å². The fraction of sp³-hybridized carbons (Fsp3) is 0.214. The minimum absolute atomic E-state index is 0.185. The summed E-state index contributed by atoms with van der Waals surface area (Å²) in [7, 11) is 1.66. The lowest BCUT2D eigenvalue weighted by Gasteiger charge is -2.27. The van der Waals surface area contributed by atoms with E-state index in [0.717, 1.165) is 5.56 Å². The van der Waals surface area contributed by atoms with Crippen LogP contribution in [0.5, 0.6) is 0 Å². The molecule has 0 spiro atoms. The highest BCUT2D eigenvalue weighted by Gasteiger charge is 2.38. The van der Waals surface area contributed by atoms with Crippen molar-refractivity contribution in [2.75, 3.05) is 20.3 Å². The van der Waals surface area contributed by atoms with Gasteiger partial charge in [-0.2, -0.15) is 0 Å². The van der Waals surface area contributed by atoms with Crippen LogP contribution in [0.2, 0.25) is 0 Å². The molecule has 176 valence electrons. The molecule has 1 heterocycles. The van der Waals surface area contributed by atoms with Crippen molar-refractivity contribution in [3.05, 3.63) is 131 Å². The molecular formula is C28H27F2NO3. The van der Waals surface area contributed by atoms with E-state index in [1.54, 1.807) is 31.4 Å². The van der Waals surface area contributed by atoms with Crippen LogP contribution in [0.25, 0.3) is 0 Å². The third-order valence-corrected chi connectivity index (χ3v) is 5.74. The standard InChI is InChI=1S/C28H27F2NO3/c1-33-16-15-31(19-21-7-3-2-4-8-21)20-26-13-14-27(34-26)28(32,22-9-5-11-24(29)17-22)23-10-6-12-25(30)18-23/h2-14,17-18,32H,15-16,19-20H2,1H3. The Hall–Kier alpha value is -3.32. The largest absolute Gasteiger partial charge is 0.461 e. The number of ether oxygens (including phenoxy) is 1. The number of hydrogen-bond donors (Lipinski definition) is 1. The molecule has 0 aliphatic carbocycles. The Balaban J connectivity index is 1.67. The molecule has 1 N–H and O–H groups in total. The Morgan fingerprint density at radius 3 is 2.06 bits per heavy atom. The van der Waals surface area contributed by atoms with Gasteiger partial charge in [0.1, 0.15) is 23.2 Å². The average Bonchev–Trinajstić information content (AvgIpc) is 3.31. The Morgan fingerprint density at radius 1 is 0.824 bits per heavy atom. The van der Waals surface area contributed by atoms with E-state index in [0.29, 0.717) is 32.0 Å². The Kier molecular flexibility index (Phi) is 7.53. The number of halogens is 2. The number of methoxy groups -OCH3 is 1. The van der Waals surface area contributed by atoms with Gasteiger partial charge in [0.15, 0.2) is 5.60 Å². The van der Waals surface area contributed by atoms with Crippen molar-refractivity contribution in [2.24, 2.45) is 0 Å². The van der Waals surface area contributed by atoms with Crippen LogP contribution >= 0.6 is 0 Å². The second kappa shape index (κ2) is 10.7. The zero-order valence-electron chi connectivity index (χ0n) is 19.0. The summed E-state index contributed by atoms with van der Waals surface area (Å²) < 4.78 is 39.5. The monoisotopic (exact) mass is 463 g/mol. The van der Waals surface area contributed by atoms with Crippen molar-refractivity contribution in [2.45, 2.75) is 18.7 Å². The lowest BCUT2D eigenvalue weighted by molar-refractivity contribution is 0.0926. The molecule has 0 radical (unpaired) electrons. The Morgan fingerprint density at radius 2 is 1.47 bits per heavy atom. The maximum atomic E-state index is 14.1. The molecule has 3 aromatic carbocycles. The van der Waals surface area contributed by atoms with Gasteiger partial charge < -0.3 is 14.3 Å². The first-order chi connectivity index (χ1) is 16.5. The molecule has 4 rings (SSSR count). The number of rotatable bonds is 10. The van der Waals surface area contributed by atoms with Gasteiger partial charge in [-0.05, 0) is 53.1 Å². The number of hydrogen-bond acceptors (Lipinski definition) is 4. The van der Waals surface area contributed by atoms with Crippen molar-refractivity contribution in [3.63, 3.8) is 0 Å².